The molecule has 0 aromatic heterocycles. The molecule has 4 nitrogen and oxygen atoms in total. The topological polar surface area (TPSA) is 80.9 Å². The fraction of sp³-hybridized carbons (Fsp3) is 0.800. The number of hydrogen-bond acceptors (Lipinski definition) is 4. The van der Waals surface area contributed by atoms with E-state index >= 15 is 0 Å². The zero-order valence-electron chi connectivity index (χ0n) is 15.1. The Bertz CT molecular complexity index is 554. The lowest BCUT2D eigenvalue weighted by atomic mass is 9.61. The average Bonchev–Trinajstić information content (AvgIpc) is 2.91. The van der Waals surface area contributed by atoms with E-state index < -0.39 is 29.8 Å². The van der Waals surface area contributed by atoms with Gasteiger partial charge in [0.25, 0.3) is 0 Å². The summed E-state index contributed by atoms with van der Waals surface area (Å²) in [6.45, 7) is 10.3. The van der Waals surface area contributed by atoms with Gasteiger partial charge < -0.3 is 20.4 Å². The first kappa shape index (κ1) is 18.1. The minimum Gasteiger partial charge on any atom is -0.393 e. The van der Waals surface area contributed by atoms with Crippen LogP contribution in [-0.4, -0.2) is 44.8 Å². The number of aliphatic hydroxyl groups excluding tert-OH is 4. The van der Waals surface area contributed by atoms with E-state index in [-0.39, 0.29) is 17.8 Å². The summed E-state index contributed by atoms with van der Waals surface area (Å²) in [4.78, 5) is 0. The van der Waals surface area contributed by atoms with Crippen LogP contribution in [0.25, 0.3) is 0 Å². The summed E-state index contributed by atoms with van der Waals surface area (Å²) in [6.07, 6.45) is 0.541. The quantitative estimate of drug-likeness (QED) is 0.511. The van der Waals surface area contributed by atoms with Crippen molar-refractivity contribution in [3.05, 3.63) is 23.3 Å². The maximum atomic E-state index is 10.8. The van der Waals surface area contributed by atoms with Gasteiger partial charge in [-0.3, -0.25) is 0 Å². The number of allylic oxidation sites excluding steroid dienone is 1. The third-order valence-corrected chi connectivity index (χ3v) is 7.30. The highest BCUT2D eigenvalue weighted by atomic mass is 16.3. The van der Waals surface area contributed by atoms with Gasteiger partial charge in [0.15, 0.2) is 0 Å². The van der Waals surface area contributed by atoms with Crippen LogP contribution < -0.4 is 0 Å². The summed E-state index contributed by atoms with van der Waals surface area (Å²) < 4.78 is 0. The molecule has 0 aromatic carbocycles. The van der Waals surface area contributed by atoms with E-state index in [0.29, 0.717) is 12.8 Å². The van der Waals surface area contributed by atoms with Gasteiger partial charge >= 0.3 is 0 Å². The lowest BCUT2D eigenvalue weighted by Gasteiger charge is -2.47. The Balaban J connectivity index is 2.11. The number of aliphatic hydroxyl groups is 4. The Morgan fingerprint density at radius 1 is 1.08 bits per heavy atom. The van der Waals surface area contributed by atoms with E-state index in [4.69, 9.17) is 0 Å². The molecule has 4 N–H and O–H groups in total. The second kappa shape index (κ2) is 6.24. The Morgan fingerprint density at radius 2 is 1.75 bits per heavy atom. The Kier molecular flexibility index (Phi) is 4.71. The molecule has 4 heteroatoms. The molecule has 8 atom stereocenters. The monoisotopic (exact) mass is 336 g/mol. The summed E-state index contributed by atoms with van der Waals surface area (Å²) >= 11 is 0. The van der Waals surface area contributed by atoms with Gasteiger partial charge in [0.2, 0.25) is 0 Å². The van der Waals surface area contributed by atoms with Crippen LogP contribution in [-0.2, 0) is 0 Å². The zero-order chi connectivity index (χ0) is 17.8. The van der Waals surface area contributed by atoms with E-state index in [1.165, 1.54) is 0 Å². The van der Waals surface area contributed by atoms with Crippen molar-refractivity contribution >= 4 is 0 Å². The van der Waals surface area contributed by atoms with Gasteiger partial charge in [-0.05, 0) is 67.9 Å². The van der Waals surface area contributed by atoms with Crippen molar-refractivity contribution in [2.24, 2.45) is 23.2 Å². The maximum Gasteiger partial charge on any atom is 0.102 e. The van der Waals surface area contributed by atoms with Gasteiger partial charge in [0.05, 0.1) is 18.3 Å². The molecule has 0 aliphatic heterocycles. The van der Waals surface area contributed by atoms with Crippen LogP contribution in [0, 0.1) is 23.2 Å². The molecule has 0 aromatic rings. The molecule has 0 heterocycles. The molecule has 1 saturated carbocycles. The second-order valence-electron chi connectivity index (χ2n) is 8.64. The molecule has 3 aliphatic carbocycles. The van der Waals surface area contributed by atoms with Crippen LogP contribution in [0.3, 0.4) is 0 Å². The highest BCUT2D eigenvalue weighted by Crippen LogP contribution is 2.59. The first-order valence-corrected chi connectivity index (χ1v) is 9.29. The minimum absolute atomic E-state index is 0.0309. The molecule has 0 spiro atoms. The first-order valence-electron chi connectivity index (χ1n) is 9.29. The lowest BCUT2D eigenvalue weighted by Crippen LogP contribution is -2.50. The maximum absolute atomic E-state index is 10.8. The average molecular weight is 336 g/mol. The molecular weight excluding hydrogens is 304 g/mol. The Hall–Kier alpha value is -0.680. The summed E-state index contributed by atoms with van der Waals surface area (Å²) in [5.74, 6) is 0.240. The van der Waals surface area contributed by atoms with Crippen LogP contribution in [0.4, 0.5) is 0 Å². The molecule has 8 unspecified atom stereocenters. The van der Waals surface area contributed by atoms with Gasteiger partial charge in [-0.15, -0.1) is 0 Å². The van der Waals surface area contributed by atoms with Gasteiger partial charge in [-0.1, -0.05) is 26.0 Å². The predicted octanol–water partition coefficient (Wildman–Crippen LogP) is 2.17. The molecule has 3 aliphatic rings. The highest BCUT2D eigenvalue weighted by molar-refractivity contribution is 5.34. The molecule has 0 radical (unpaired) electrons. The predicted molar refractivity (Wildman–Crippen MR) is 93.2 cm³/mol. The second-order valence-corrected chi connectivity index (χ2v) is 8.64. The number of hydrogen-bond donors (Lipinski definition) is 4. The van der Waals surface area contributed by atoms with Crippen LogP contribution in [0.2, 0.25) is 0 Å². The Labute approximate surface area is 144 Å². The molecule has 3 rings (SSSR count). The number of rotatable bonds is 0. The van der Waals surface area contributed by atoms with Crippen LogP contribution in [0.5, 0.6) is 0 Å². The fourth-order valence-corrected chi connectivity index (χ4v) is 5.51. The third kappa shape index (κ3) is 2.59. The minimum atomic E-state index is -0.911. The van der Waals surface area contributed by atoms with Crippen molar-refractivity contribution in [2.75, 3.05) is 0 Å². The standard InChI is InChI=1S/C20H32O4/c1-10-5-6-15(21)11(2)13-7-8-20(4)17(13)12(3)14(9-16(10)22)18(23)19(20)24/h10,13,15-19,21-24H,2,5-9H2,1,3-4H3. The molecule has 0 saturated heterocycles. The van der Waals surface area contributed by atoms with E-state index in [0.717, 1.165) is 36.0 Å². The summed E-state index contributed by atoms with van der Waals surface area (Å²) in [5, 5.41) is 42.7. The van der Waals surface area contributed by atoms with Crippen LogP contribution in [0.1, 0.15) is 52.9 Å². The normalized spacial score (nSPS) is 50.0. The molecule has 136 valence electrons. The first-order chi connectivity index (χ1) is 11.2. The SMILES string of the molecule is C=C1C(O)CCC(C)C(O)CC2=C(C)C3C1CCC3(C)C(O)C2O. The molecule has 2 bridgehead atoms. The smallest absolute Gasteiger partial charge is 0.102 e. The fourth-order valence-electron chi connectivity index (χ4n) is 5.51. The van der Waals surface area contributed by atoms with E-state index in [1.54, 1.807) is 0 Å². The van der Waals surface area contributed by atoms with Crippen molar-refractivity contribution < 1.29 is 20.4 Å². The van der Waals surface area contributed by atoms with Crippen LogP contribution >= 0.6 is 0 Å². The van der Waals surface area contributed by atoms with Crippen molar-refractivity contribution in [1.29, 1.82) is 0 Å². The molecule has 1 fully saturated rings. The lowest BCUT2D eigenvalue weighted by molar-refractivity contribution is -0.0723. The van der Waals surface area contributed by atoms with Crippen molar-refractivity contribution in [2.45, 2.75) is 77.3 Å². The molecule has 24 heavy (non-hydrogen) atoms. The Morgan fingerprint density at radius 3 is 2.42 bits per heavy atom. The van der Waals surface area contributed by atoms with Crippen molar-refractivity contribution in [3.8, 4) is 0 Å². The summed E-state index contributed by atoms with van der Waals surface area (Å²) in [5.41, 5.74) is 2.33. The molecular formula is C20H32O4. The summed E-state index contributed by atoms with van der Waals surface area (Å²) in [6, 6.07) is 0. The van der Waals surface area contributed by atoms with Crippen molar-refractivity contribution in [1.82, 2.24) is 0 Å². The van der Waals surface area contributed by atoms with Gasteiger partial charge in [0.1, 0.15) is 6.10 Å². The van der Waals surface area contributed by atoms with Gasteiger partial charge in [0, 0.05) is 5.41 Å². The van der Waals surface area contributed by atoms with E-state index in [2.05, 4.69) is 6.58 Å². The molecule has 0 amide bonds. The van der Waals surface area contributed by atoms with Crippen molar-refractivity contribution in [3.63, 3.8) is 0 Å². The van der Waals surface area contributed by atoms with E-state index in [9.17, 15) is 20.4 Å². The third-order valence-electron chi connectivity index (χ3n) is 7.30. The largest absolute Gasteiger partial charge is 0.393 e. The van der Waals surface area contributed by atoms with Crippen LogP contribution in [0.15, 0.2) is 23.3 Å². The summed E-state index contributed by atoms with van der Waals surface area (Å²) in [7, 11) is 0. The van der Waals surface area contributed by atoms with Gasteiger partial charge in [-0.25, -0.2) is 0 Å². The highest BCUT2D eigenvalue weighted by Gasteiger charge is 2.56. The van der Waals surface area contributed by atoms with E-state index in [1.807, 2.05) is 20.8 Å². The van der Waals surface area contributed by atoms with Gasteiger partial charge in [-0.2, -0.15) is 0 Å². The zero-order valence-corrected chi connectivity index (χ0v) is 15.1.